The van der Waals surface area contributed by atoms with Crippen molar-refractivity contribution in [1.82, 2.24) is 24.7 Å². The van der Waals surface area contributed by atoms with Crippen molar-refractivity contribution in [2.45, 2.75) is 12.7 Å². The molecular weight excluding hydrogens is 487 g/mol. The van der Waals surface area contributed by atoms with Crippen LogP contribution < -0.4 is 10.6 Å². The van der Waals surface area contributed by atoms with Crippen molar-refractivity contribution in [3.8, 4) is 11.3 Å². The summed E-state index contributed by atoms with van der Waals surface area (Å²) in [6, 6.07) is 10.4. The van der Waals surface area contributed by atoms with Gasteiger partial charge in [0.1, 0.15) is 0 Å². The van der Waals surface area contributed by atoms with Gasteiger partial charge in [0.2, 0.25) is 0 Å². The lowest BCUT2D eigenvalue weighted by molar-refractivity contribution is -0.138. The van der Waals surface area contributed by atoms with Crippen LogP contribution >= 0.6 is 0 Å². The number of nitrogens with zero attached hydrogens (tertiary/aromatic N) is 5. The zero-order valence-corrected chi connectivity index (χ0v) is 20.3. The molecule has 5 rings (SSSR count). The number of halogens is 3. The Balaban J connectivity index is 1.28. The summed E-state index contributed by atoms with van der Waals surface area (Å²) in [5.74, 6) is 0.246. The molecule has 4 aromatic rings. The van der Waals surface area contributed by atoms with Crippen LogP contribution in [0.25, 0.3) is 22.2 Å². The third-order valence-electron chi connectivity index (χ3n) is 6.44. The summed E-state index contributed by atoms with van der Waals surface area (Å²) in [7, 11) is 3.71. The predicted octanol–water partition coefficient (Wildman–Crippen LogP) is 4.64. The Hall–Kier alpha value is -3.90. The number of aromatic nitrogens is 3. The molecular formula is C25H26F3N7O2. The monoisotopic (exact) mass is 513 g/mol. The van der Waals surface area contributed by atoms with Crippen LogP contribution in [0.5, 0.6) is 0 Å². The lowest BCUT2D eigenvalue weighted by Gasteiger charge is -2.33. The highest BCUT2D eigenvalue weighted by Crippen LogP contribution is 2.35. The van der Waals surface area contributed by atoms with Crippen LogP contribution in [-0.2, 0) is 19.8 Å². The number of aryl methyl sites for hydroxylation is 1. The fourth-order valence-electron chi connectivity index (χ4n) is 4.40. The number of fused-ring (bicyclic) bond motifs is 1. The number of carbonyl (C=O) groups is 1. The van der Waals surface area contributed by atoms with Crippen LogP contribution in [0.3, 0.4) is 0 Å². The number of urea groups is 1. The minimum absolute atomic E-state index is 0.0406. The highest BCUT2D eigenvalue weighted by Gasteiger charge is 2.34. The summed E-state index contributed by atoms with van der Waals surface area (Å²) in [6.07, 6.45) is -2.93. The fraction of sp³-hybridized carbons (Fsp3) is 0.320. The highest BCUT2D eigenvalue weighted by atomic mass is 19.4. The Morgan fingerprint density at radius 1 is 1.03 bits per heavy atom. The Bertz CT molecular complexity index is 1420. The molecule has 0 saturated carbocycles. The van der Waals surface area contributed by atoms with Gasteiger partial charge < -0.3 is 14.7 Å². The summed E-state index contributed by atoms with van der Waals surface area (Å²) in [5.41, 5.74) is 1.59. The van der Waals surface area contributed by atoms with Gasteiger partial charge in [0.25, 0.3) is 0 Å². The molecule has 2 aromatic heterocycles. The summed E-state index contributed by atoms with van der Waals surface area (Å²) in [5, 5.41) is 14.0. The van der Waals surface area contributed by atoms with E-state index in [2.05, 4.69) is 25.8 Å². The fourth-order valence-corrected chi connectivity index (χ4v) is 4.40. The third-order valence-corrected chi connectivity index (χ3v) is 6.44. The van der Waals surface area contributed by atoms with Gasteiger partial charge in [-0.15, -0.1) is 0 Å². The van der Waals surface area contributed by atoms with E-state index in [0.717, 1.165) is 30.1 Å². The van der Waals surface area contributed by atoms with Crippen molar-refractivity contribution in [1.29, 1.82) is 0 Å². The van der Waals surface area contributed by atoms with E-state index in [-0.39, 0.29) is 23.6 Å². The second kappa shape index (κ2) is 9.87. The minimum Gasteiger partial charge on any atom is -0.356 e. The highest BCUT2D eigenvalue weighted by molar-refractivity contribution is 5.99. The number of benzene rings is 2. The summed E-state index contributed by atoms with van der Waals surface area (Å²) < 4.78 is 48.3. The van der Waals surface area contributed by atoms with Crippen LogP contribution in [0.1, 0.15) is 11.1 Å². The summed E-state index contributed by atoms with van der Waals surface area (Å²) >= 11 is 0. The van der Waals surface area contributed by atoms with Crippen molar-refractivity contribution in [3.63, 3.8) is 0 Å². The maximum atomic E-state index is 13.8. The van der Waals surface area contributed by atoms with Crippen molar-refractivity contribution in [2.75, 3.05) is 43.9 Å². The van der Waals surface area contributed by atoms with E-state index >= 15 is 0 Å². The number of likely N-dealkylation sites (N-methyl/N-ethyl adjacent to an activating group) is 1. The number of carbonyl (C=O) groups excluding carboxylic acids is 1. The van der Waals surface area contributed by atoms with Gasteiger partial charge >= 0.3 is 12.2 Å². The standard InChI is InChI=1S/C25H26F3N7O2/c1-33-7-9-35(10-8-33)15-18-5-6-19(12-20(18)25(26,27)28)30-24(36)31-23-13-21(34(2)32-23)16-3-4-17-14-29-37-22(17)11-16/h3-6,11-14H,7-10,15H2,1-2H3,(H2,30,31,32,36). The largest absolute Gasteiger partial charge is 0.416 e. The molecule has 37 heavy (non-hydrogen) atoms. The molecule has 0 aliphatic carbocycles. The summed E-state index contributed by atoms with van der Waals surface area (Å²) in [4.78, 5) is 16.7. The average Bonchev–Trinajstić information content (AvgIpc) is 3.46. The molecule has 0 unspecified atom stereocenters. The van der Waals surface area contributed by atoms with Gasteiger partial charge in [-0.05, 0) is 36.9 Å². The SMILES string of the molecule is CN1CCN(Cc2ccc(NC(=O)Nc3cc(-c4ccc5cnoc5c4)n(C)n3)cc2C(F)(F)F)CC1. The predicted molar refractivity (Wildman–Crippen MR) is 133 cm³/mol. The minimum atomic E-state index is -4.55. The molecule has 1 fully saturated rings. The molecule has 2 N–H and O–H groups in total. The van der Waals surface area contributed by atoms with Gasteiger partial charge in [-0.3, -0.25) is 14.9 Å². The van der Waals surface area contributed by atoms with E-state index in [1.165, 1.54) is 12.1 Å². The van der Waals surface area contributed by atoms with Crippen LogP contribution in [0.15, 0.2) is 53.2 Å². The van der Waals surface area contributed by atoms with E-state index in [0.29, 0.717) is 24.4 Å². The first-order valence-electron chi connectivity index (χ1n) is 11.7. The zero-order chi connectivity index (χ0) is 26.2. The van der Waals surface area contributed by atoms with Crippen molar-refractivity contribution < 1.29 is 22.5 Å². The van der Waals surface area contributed by atoms with Gasteiger partial charge in [-0.25, -0.2) is 4.79 Å². The first kappa shape index (κ1) is 24.8. The normalized spacial score (nSPS) is 15.3. The lowest BCUT2D eigenvalue weighted by Crippen LogP contribution is -2.44. The van der Waals surface area contributed by atoms with Gasteiger partial charge in [-0.2, -0.15) is 18.3 Å². The number of rotatable bonds is 5. The van der Waals surface area contributed by atoms with Crippen LogP contribution in [0.4, 0.5) is 29.5 Å². The third kappa shape index (κ3) is 5.59. The molecule has 12 heteroatoms. The van der Waals surface area contributed by atoms with E-state index in [4.69, 9.17) is 4.52 Å². The summed E-state index contributed by atoms with van der Waals surface area (Å²) in [6.45, 7) is 3.23. The number of anilines is 2. The van der Waals surface area contributed by atoms with Crippen molar-refractivity contribution in [2.24, 2.45) is 7.05 Å². The van der Waals surface area contributed by atoms with E-state index in [9.17, 15) is 18.0 Å². The molecule has 0 bridgehead atoms. The number of alkyl halides is 3. The maximum Gasteiger partial charge on any atom is 0.416 e. The topological polar surface area (TPSA) is 91.5 Å². The molecule has 3 heterocycles. The van der Waals surface area contributed by atoms with E-state index in [1.54, 1.807) is 24.0 Å². The molecule has 194 valence electrons. The quantitative estimate of drug-likeness (QED) is 0.404. The van der Waals surface area contributed by atoms with Crippen molar-refractivity contribution in [3.05, 3.63) is 59.8 Å². The Morgan fingerprint density at radius 3 is 2.57 bits per heavy atom. The molecule has 2 amide bonds. The number of amides is 2. The van der Waals surface area contributed by atoms with Crippen molar-refractivity contribution >= 4 is 28.5 Å². The maximum absolute atomic E-state index is 13.8. The number of hydrogen-bond donors (Lipinski definition) is 2. The van der Waals surface area contributed by atoms with Gasteiger partial charge in [0.15, 0.2) is 11.4 Å². The van der Waals surface area contributed by atoms with Crippen LogP contribution in [-0.4, -0.2) is 64.0 Å². The van der Waals surface area contributed by atoms with Gasteiger partial charge in [-0.1, -0.05) is 17.3 Å². The molecule has 0 atom stereocenters. The Labute approximate surface area is 210 Å². The second-order valence-electron chi connectivity index (χ2n) is 9.15. The molecule has 1 aliphatic heterocycles. The molecule has 2 aromatic carbocycles. The molecule has 0 radical (unpaired) electrons. The Kier molecular flexibility index (Phi) is 6.61. The van der Waals surface area contributed by atoms with Gasteiger partial charge in [0, 0.05) is 62.5 Å². The number of hydrogen-bond acceptors (Lipinski definition) is 6. The van der Waals surface area contributed by atoms with E-state index < -0.39 is 17.8 Å². The first-order valence-corrected chi connectivity index (χ1v) is 11.7. The zero-order valence-electron chi connectivity index (χ0n) is 20.3. The smallest absolute Gasteiger partial charge is 0.356 e. The lowest BCUT2D eigenvalue weighted by atomic mass is 10.0. The van der Waals surface area contributed by atoms with Crippen LogP contribution in [0.2, 0.25) is 0 Å². The molecule has 0 spiro atoms. The molecule has 9 nitrogen and oxygen atoms in total. The van der Waals surface area contributed by atoms with Gasteiger partial charge in [0.05, 0.1) is 17.5 Å². The Morgan fingerprint density at radius 2 is 1.81 bits per heavy atom. The first-order chi connectivity index (χ1) is 17.7. The van der Waals surface area contributed by atoms with E-state index in [1.807, 2.05) is 30.1 Å². The van der Waals surface area contributed by atoms with Crippen LogP contribution in [0, 0.1) is 0 Å². The average molecular weight is 514 g/mol. The number of nitrogens with one attached hydrogen (secondary N) is 2. The molecule has 1 saturated heterocycles. The number of piperazine rings is 1. The second-order valence-corrected chi connectivity index (χ2v) is 9.15. The molecule has 1 aliphatic rings.